The van der Waals surface area contributed by atoms with Crippen LogP contribution in [0.4, 0.5) is 0 Å². The van der Waals surface area contributed by atoms with Crippen molar-refractivity contribution in [3.8, 4) is 0 Å². The van der Waals surface area contributed by atoms with Crippen LogP contribution in [0.3, 0.4) is 0 Å². The number of para-hydroxylation sites is 1. The van der Waals surface area contributed by atoms with Crippen molar-refractivity contribution in [3.05, 3.63) is 36.0 Å². The van der Waals surface area contributed by atoms with E-state index in [0.29, 0.717) is 0 Å². The SMILES string of the molecule is CC(C)(C)OC(=O)C[C@H](NC(=O)Cc1c[nH][13c]2[13cH][13cH][13cH][13cH][13c]12)C(=O)OC(C)(C)C. The van der Waals surface area contributed by atoms with Crippen molar-refractivity contribution >= 4 is 28.7 Å². The van der Waals surface area contributed by atoms with Crippen LogP contribution < -0.4 is 5.32 Å². The predicted octanol–water partition coefficient (Wildman–Crippen LogP) is 3.27. The summed E-state index contributed by atoms with van der Waals surface area (Å²) in [5.41, 5.74) is 0.292. The van der Waals surface area contributed by atoms with E-state index in [1.165, 1.54) is 0 Å². The summed E-state index contributed by atoms with van der Waals surface area (Å²) in [6.07, 6.45) is 1.53. The summed E-state index contributed by atoms with van der Waals surface area (Å²) in [5.74, 6) is -1.63. The van der Waals surface area contributed by atoms with E-state index in [1.54, 1.807) is 47.7 Å². The first kappa shape index (κ1) is 22.5. The van der Waals surface area contributed by atoms with Crippen molar-refractivity contribution in [2.75, 3.05) is 0 Å². The van der Waals surface area contributed by atoms with Crippen molar-refractivity contribution in [3.63, 3.8) is 0 Å². The number of aromatic amines is 1. The molecule has 0 aliphatic rings. The Labute approximate surface area is 171 Å². The second-order valence-electron chi connectivity index (χ2n) is 8.98. The number of aromatic nitrogens is 1. The van der Waals surface area contributed by atoms with E-state index in [9.17, 15) is 14.4 Å². The third kappa shape index (κ3) is 7.25. The summed E-state index contributed by atoms with van der Waals surface area (Å²) in [4.78, 5) is 40.5. The molecule has 1 aromatic heterocycles. The van der Waals surface area contributed by atoms with Gasteiger partial charge >= 0.3 is 11.9 Å². The van der Waals surface area contributed by atoms with Gasteiger partial charge in [-0.3, -0.25) is 9.59 Å². The van der Waals surface area contributed by atoms with Crippen LogP contribution in [0.25, 0.3) is 10.9 Å². The van der Waals surface area contributed by atoms with Gasteiger partial charge in [0, 0.05) is 17.1 Å². The van der Waals surface area contributed by atoms with E-state index in [-0.39, 0.29) is 18.7 Å². The molecule has 2 rings (SSSR count). The first-order chi connectivity index (χ1) is 13.3. The Kier molecular flexibility index (Phi) is 6.72. The number of rotatable bonds is 6. The van der Waals surface area contributed by atoms with E-state index >= 15 is 0 Å². The standard InChI is InChI=1S/C22H30N2O5/c1-21(2,3)28-19(26)12-17(20(27)29-22(4,5)6)24-18(25)11-14-13-23-16-10-8-7-9-15(14)16/h7-10,13,17,23H,11-12H2,1-6H3,(H,24,25)/t17-/m0/s1/i7+1,8+1,9+1,10+1,15+1,16+1. The number of benzene rings is 1. The number of esters is 2. The Balaban J connectivity index is 2.11. The number of hydrogen-bond acceptors (Lipinski definition) is 5. The minimum atomic E-state index is -1.12. The van der Waals surface area contributed by atoms with Crippen LogP contribution in [0, 0.1) is 0 Å². The molecule has 2 N–H and O–H groups in total. The maximum atomic E-state index is 12.6. The summed E-state index contributed by atoms with van der Waals surface area (Å²) in [5, 5.41) is 3.56. The average molecular weight is 408 g/mol. The maximum Gasteiger partial charge on any atom is 0.329 e. The molecule has 1 aromatic carbocycles. The topological polar surface area (TPSA) is 97.5 Å². The zero-order valence-corrected chi connectivity index (χ0v) is 17.9. The van der Waals surface area contributed by atoms with Gasteiger partial charge in [0.1, 0.15) is 17.2 Å². The highest BCUT2D eigenvalue weighted by Gasteiger charge is 2.30. The average Bonchev–Trinajstić information content (AvgIpc) is 2.94. The number of hydrogen-bond donors (Lipinski definition) is 2. The van der Waals surface area contributed by atoms with Crippen LogP contribution >= 0.6 is 0 Å². The van der Waals surface area contributed by atoms with Gasteiger partial charge in [-0.25, -0.2) is 4.79 Å². The van der Waals surface area contributed by atoms with Crippen LogP contribution in [0.2, 0.25) is 0 Å². The molecule has 0 bridgehead atoms. The molecule has 29 heavy (non-hydrogen) atoms. The predicted molar refractivity (Wildman–Crippen MR) is 110 cm³/mol. The van der Waals surface area contributed by atoms with Gasteiger partial charge < -0.3 is 19.8 Å². The third-order valence-electron chi connectivity index (χ3n) is 3.84. The molecule has 0 saturated heterocycles. The van der Waals surface area contributed by atoms with Crippen LogP contribution in [-0.4, -0.2) is 40.1 Å². The molecule has 0 aliphatic heterocycles. The molecule has 158 valence electrons. The molecule has 0 fully saturated rings. The Morgan fingerprint density at radius 2 is 1.62 bits per heavy atom. The molecule has 1 heterocycles. The van der Waals surface area contributed by atoms with Gasteiger partial charge in [-0.05, 0) is 53.2 Å². The van der Waals surface area contributed by atoms with Gasteiger partial charge in [-0.2, -0.15) is 0 Å². The van der Waals surface area contributed by atoms with E-state index in [0.717, 1.165) is 16.5 Å². The van der Waals surface area contributed by atoms with E-state index < -0.39 is 29.2 Å². The number of fused-ring (bicyclic) bond motifs is 1. The van der Waals surface area contributed by atoms with Crippen molar-refractivity contribution in [1.29, 1.82) is 0 Å². The molecule has 0 aliphatic carbocycles. The Morgan fingerprint density at radius 3 is 2.24 bits per heavy atom. The molecular formula is C22H30N2O5. The third-order valence-corrected chi connectivity index (χ3v) is 3.84. The minimum absolute atomic E-state index is 0.0671. The Hall–Kier alpha value is -2.83. The number of ether oxygens (including phenoxy) is 2. The van der Waals surface area contributed by atoms with E-state index in [4.69, 9.17) is 9.47 Å². The molecule has 1 atom stereocenters. The van der Waals surface area contributed by atoms with Gasteiger partial charge in [-0.15, -0.1) is 0 Å². The normalized spacial score (nSPS) is 13.0. The Morgan fingerprint density at radius 1 is 1.00 bits per heavy atom. The largest absolute Gasteiger partial charge is 0.460 e. The summed E-state index contributed by atoms with van der Waals surface area (Å²) < 4.78 is 10.7. The molecule has 0 radical (unpaired) electrons. The van der Waals surface area contributed by atoms with Crippen LogP contribution in [-0.2, 0) is 30.3 Å². The van der Waals surface area contributed by atoms with Gasteiger partial charge in [0.2, 0.25) is 5.91 Å². The summed E-state index contributed by atoms with van der Waals surface area (Å²) in [7, 11) is 0. The lowest BCUT2D eigenvalue weighted by atomic mass is 10.1. The molecule has 1 amide bonds. The number of amides is 1. The highest BCUT2D eigenvalue weighted by Crippen LogP contribution is 2.18. The number of carbonyl (C=O) groups excluding carboxylic acids is 3. The van der Waals surface area contributed by atoms with Crippen molar-refractivity contribution in [2.45, 2.75) is 71.6 Å². The lowest BCUT2D eigenvalue weighted by Crippen LogP contribution is -2.46. The van der Waals surface area contributed by atoms with E-state index in [2.05, 4.69) is 10.3 Å². The molecule has 2 aromatic rings. The molecule has 7 nitrogen and oxygen atoms in total. The minimum Gasteiger partial charge on any atom is -0.460 e. The van der Waals surface area contributed by atoms with Crippen LogP contribution in [0.1, 0.15) is 53.5 Å². The second kappa shape index (κ2) is 8.68. The molecule has 0 saturated carbocycles. The lowest BCUT2D eigenvalue weighted by Gasteiger charge is -2.25. The molecular weight excluding hydrogens is 378 g/mol. The van der Waals surface area contributed by atoms with Gasteiger partial charge in [-0.1, -0.05) is 18.2 Å². The first-order valence-electron chi connectivity index (χ1n) is 9.63. The summed E-state index contributed by atoms with van der Waals surface area (Å²) in [6.45, 7) is 10.4. The number of H-pyrrole nitrogens is 1. The fraction of sp³-hybridized carbons (Fsp3) is 0.500. The highest BCUT2D eigenvalue weighted by atomic mass is 16.6. The zero-order valence-electron chi connectivity index (χ0n) is 17.9. The first-order valence-corrected chi connectivity index (χ1v) is 9.63. The van der Waals surface area contributed by atoms with Crippen molar-refractivity contribution in [2.24, 2.45) is 0 Å². The molecule has 0 spiro atoms. The quantitative estimate of drug-likeness (QED) is 0.715. The summed E-state index contributed by atoms with van der Waals surface area (Å²) >= 11 is 0. The summed E-state index contributed by atoms with van der Waals surface area (Å²) in [6, 6.07) is 6.51. The van der Waals surface area contributed by atoms with Gasteiger partial charge in [0.15, 0.2) is 0 Å². The monoisotopic (exact) mass is 408 g/mol. The van der Waals surface area contributed by atoms with Crippen LogP contribution in [0.15, 0.2) is 30.5 Å². The maximum absolute atomic E-state index is 12.6. The zero-order chi connectivity index (χ0) is 21.8. The Bertz CT molecular complexity index is 886. The van der Waals surface area contributed by atoms with Gasteiger partial charge in [0.05, 0.1) is 12.8 Å². The molecule has 0 unspecified atom stereocenters. The molecule has 7 heteroatoms. The van der Waals surface area contributed by atoms with E-state index in [1.807, 2.05) is 24.3 Å². The van der Waals surface area contributed by atoms with Crippen LogP contribution in [0.5, 0.6) is 0 Å². The number of nitrogens with one attached hydrogen (secondary N) is 2. The van der Waals surface area contributed by atoms with Gasteiger partial charge in [0.25, 0.3) is 0 Å². The van der Waals surface area contributed by atoms with Crippen molar-refractivity contribution in [1.82, 2.24) is 10.3 Å². The fourth-order valence-corrected chi connectivity index (χ4v) is 2.81. The van der Waals surface area contributed by atoms with Crippen molar-refractivity contribution < 1.29 is 23.9 Å². The highest BCUT2D eigenvalue weighted by molar-refractivity contribution is 5.92. The number of carbonyl (C=O) groups is 3. The fourth-order valence-electron chi connectivity index (χ4n) is 2.81. The lowest BCUT2D eigenvalue weighted by molar-refractivity contribution is -0.165. The second-order valence-corrected chi connectivity index (χ2v) is 8.98. The smallest absolute Gasteiger partial charge is 0.329 e.